The summed E-state index contributed by atoms with van der Waals surface area (Å²) >= 11 is 0. The molecule has 2 N–H and O–H groups in total. The van der Waals surface area contributed by atoms with E-state index in [9.17, 15) is 8.78 Å². The second-order valence-electron chi connectivity index (χ2n) is 2.21. The molecule has 1 saturated heterocycles. The molecule has 0 radical (unpaired) electrons. The molecule has 1 rings (SSSR count). The maximum Gasteiger partial charge on any atom is 0.272 e. The summed E-state index contributed by atoms with van der Waals surface area (Å²) in [6.45, 7) is 0.880. The fourth-order valence-electron chi connectivity index (χ4n) is 0.782. The van der Waals surface area contributed by atoms with Gasteiger partial charge in [0.2, 0.25) is 0 Å². The third-order valence-corrected chi connectivity index (χ3v) is 1.25. The molecule has 2 nitrogen and oxygen atoms in total. The van der Waals surface area contributed by atoms with Crippen molar-refractivity contribution in [1.82, 2.24) is 10.6 Å². The SMILES string of the molecule is Cl.Cl.FC1(F)CNCCNC1. The Labute approximate surface area is 76.9 Å². The Hall–Kier alpha value is 0.360. The Morgan fingerprint density at radius 2 is 1.27 bits per heavy atom. The highest BCUT2D eigenvalue weighted by Crippen LogP contribution is 2.10. The first-order chi connectivity index (χ1) is 4.21. The van der Waals surface area contributed by atoms with Crippen LogP contribution in [0.3, 0.4) is 0 Å². The number of halogens is 4. The lowest BCUT2D eigenvalue weighted by molar-refractivity contribution is 0.0104. The van der Waals surface area contributed by atoms with Crippen molar-refractivity contribution in [3.63, 3.8) is 0 Å². The van der Waals surface area contributed by atoms with Gasteiger partial charge in [0, 0.05) is 13.1 Å². The van der Waals surface area contributed by atoms with E-state index >= 15 is 0 Å². The minimum absolute atomic E-state index is 0. The summed E-state index contributed by atoms with van der Waals surface area (Å²) in [5.74, 6) is -2.56. The van der Waals surface area contributed by atoms with E-state index in [0.29, 0.717) is 13.1 Å². The lowest BCUT2D eigenvalue weighted by Crippen LogP contribution is -2.35. The largest absolute Gasteiger partial charge is 0.310 e. The van der Waals surface area contributed by atoms with Gasteiger partial charge in [-0.2, -0.15) is 0 Å². The van der Waals surface area contributed by atoms with Gasteiger partial charge in [0.1, 0.15) is 0 Å². The molecule has 0 aromatic carbocycles. The molecule has 70 valence electrons. The topological polar surface area (TPSA) is 24.1 Å². The van der Waals surface area contributed by atoms with Crippen molar-refractivity contribution in [3.8, 4) is 0 Å². The first kappa shape index (κ1) is 13.9. The lowest BCUT2D eigenvalue weighted by atomic mass is 10.3. The zero-order valence-electron chi connectivity index (χ0n) is 5.90. The van der Waals surface area contributed by atoms with Gasteiger partial charge in [-0.1, -0.05) is 0 Å². The van der Waals surface area contributed by atoms with Crippen molar-refractivity contribution < 1.29 is 8.78 Å². The summed E-state index contributed by atoms with van der Waals surface area (Å²) in [6, 6.07) is 0. The smallest absolute Gasteiger partial charge is 0.272 e. The Morgan fingerprint density at radius 3 is 1.64 bits per heavy atom. The first-order valence-electron chi connectivity index (χ1n) is 3.00. The van der Waals surface area contributed by atoms with Gasteiger partial charge >= 0.3 is 0 Å². The van der Waals surface area contributed by atoms with Crippen molar-refractivity contribution in [2.24, 2.45) is 0 Å². The number of hydrogen-bond donors (Lipinski definition) is 2. The monoisotopic (exact) mass is 208 g/mol. The molecule has 0 bridgehead atoms. The van der Waals surface area contributed by atoms with Crippen LogP contribution in [0.4, 0.5) is 8.78 Å². The van der Waals surface area contributed by atoms with Crippen LogP contribution in [0.25, 0.3) is 0 Å². The Balaban J connectivity index is 0. The van der Waals surface area contributed by atoms with Crippen LogP contribution in [0.5, 0.6) is 0 Å². The molecule has 0 unspecified atom stereocenters. The molecule has 0 amide bonds. The van der Waals surface area contributed by atoms with Crippen LogP contribution in [-0.4, -0.2) is 32.1 Å². The number of nitrogens with one attached hydrogen (secondary N) is 2. The summed E-state index contributed by atoms with van der Waals surface area (Å²) < 4.78 is 24.7. The highest BCUT2D eigenvalue weighted by Gasteiger charge is 2.28. The van der Waals surface area contributed by atoms with Crippen molar-refractivity contribution in [2.45, 2.75) is 5.92 Å². The van der Waals surface area contributed by atoms with E-state index in [1.54, 1.807) is 0 Å². The van der Waals surface area contributed by atoms with Gasteiger partial charge in [-0.25, -0.2) is 8.78 Å². The second-order valence-corrected chi connectivity index (χ2v) is 2.21. The molecule has 0 aromatic heterocycles. The highest BCUT2D eigenvalue weighted by atomic mass is 35.5. The van der Waals surface area contributed by atoms with E-state index in [4.69, 9.17) is 0 Å². The van der Waals surface area contributed by atoms with Crippen LogP contribution >= 0.6 is 24.8 Å². The lowest BCUT2D eigenvalue weighted by Gasteiger charge is -2.11. The molecule has 1 fully saturated rings. The number of alkyl halides is 2. The van der Waals surface area contributed by atoms with Crippen LogP contribution in [0.2, 0.25) is 0 Å². The zero-order valence-corrected chi connectivity index (χ0v) is 7.53. The predicted molar refractivity (Wildman–Crippen MR) is 45.2 cm³/mol. The van der Waals surface area contributed by atoms with Crippen LogP contribution in [-0.2, 0) is 0 Å². The summed E-state index contributed by atoms with van der Waals surface area (Å²) in [6.07, 6.45) is 0. The molecule has 1 aliphatic rings. The number of rotatable bonds is 0. The van der Waals surface area contributed by atoms with E-state index < -0.39 is 5.92 Å². The molecule has 11 heavy (non-hydrogen) atoms. The Bertz CT molecular complexity index is 92.5. The van der Waals surface area contributed by atoms with Gasteiger partial charge in [0.25, 0.3) is 5.92 Å². The summed E-state index contributed by atoms with van der Waals surface area (Å²) in [4.78, 5) is 0. The quantitative estimate of drug-likeness (QED) is 0.612. The van der Waals surface area contributed by atoms with Gasteiger partial charge in [-0.15, -0.1) is 24.8 Å². The third-order valence-electron chi connectivity index (χ3n) is 1.25. The van der Waals surface area contributed by atoms with Gasteiger partial charge in [-0.05, 0) is 0 Å². The fraction of sp³-hybridized carbons (Fsp3) is 1.00. The fourth-order valence-corrected chi connectivity index (χ4v) is 0.782. The number of hydrogen-bond acceptors (Lipinski definition) is 2. The van der Waals surface area contributed by atoms with Crippen LogP contribution in [0, 0.1) is 0 Å². The molecule has 0 aliphatic carbocycles. The molecule has 0 saturated carbocycles. The van der Waals surface area contributed by atoms with E-state index in [1.807, 2.05) is 0 Å². The third kappa shape index (κ3) is 5.61. The van der Waals surface area contributed by atoms with E-state index in [1.165, 1.54) is 0 Å². The molecule has 0 spiro atoms. The van der Waals surface area contributed by atoms with Crippen LogP contribution in [0.15, 0.2) is 0 Å². The molecule has 0 atom stereocenters. The molecule has 6 heteroatoms. The van der Waals surface area contributed by atoms with E-state index in [2.05, 4.69) is 10.6 Å². The zero-order chi connectivity index (χ0) is 6.74. The van der Waals surface area contributed by atoms with E-state index in [-0.39, 0.29) is 37.9 Å². The maximum atomic E-state index is 12.3. The normalized spacial score (nSPS) is 22.4. The van der Waals surface area contributed by atoms with Gasteiger partial charge in [-0.3, -0.25) is 0 Å². The van der Waals surface area contributed by atoms with Crippen molar-refractivity contribution in [2.75, 3.05) is 26.2 Å². The first-order valence-corrected chi connectivity index (χ1v) is 3.00. The summed E-state index contributed by atoms with van der Waals surface area (Å²) in [5.41, 5.74) is 0. The van der Waals surface area contributed by atoms with Crippen molar-refractivity contribution >= 4 is 24.8 Å². The van der Waals surface area contributed by atoms with Crippen LogP contribution in [0.1, 0.15) is 0 Å². The Morgan fingerprint density at radius 1 is 0.909 bits per heavy atom. The van der Waals surface area contributed by atoms with Gasteiger partial charge in [0.15, 0.2) is 0 Å². The average molecular weight is 209 g/mol. The summed E-state index contributed by atoms with van der Waals surface area (Å²) in [5, 5.41) is 5.25. The molecular weight excluding hydrogens is 197 g/mol. The average Bonchev–Trinajstić information content (AvgIpc) is 1.92. The van der Waals surface area contributed by atoms with Gasteiger partial charge < -0.3 is 10.6 Å². The van der Waals surface area contributed by atoms with Crippen molar-refractivity contribution in [1.29, 1.82) is 0 Å². The molecule has 0 aromatic rings. The Kier molecular flexibility index (Phi) is 7.52. The molecule has 1 aliphatic heterocycles. The standard InChI is InChI=1S/C5H10F2N2.2ClH/c6-5(7)3-8-1-2-9-4-5;;/h8-9H,1-4H2;2*1H. The minimum Gasteiger partial charge on any atom is -0.310 e. The second kappa shape index (κ2) is 5.94. The van der Waals surface area contributed by atoms with Gasteiger partial charge in [0.05, 0.1) is 13.1 Å². The predicted octanol–water partition coefficient (Wildman–Crippen LogP) is 0.658. The van der Waals surface area contributed by atoms with Crippen molar-refractivity contribution in [3.05, 3.63) is 0 Å². The minimum atomic E-state index is -2.56. The van der Waals surface area contributed by atoms with E-state index in [0.717, 1.165) is 0 Å². The molecule has 1 heterocycles. The molecular formula is C5H12Cl2F2N2. The summed E-state index contributed by atoms with van der Waals surface area (Å²) in [7, 11) is 0. The highest BCUT2D eigenvalue weighted by molar-refractivity contribution is 5.85. The maximum absolute atomic E-state index is 12.3. The van der Waals surface area contributed by atoms with Crippen LogP contribution < -0.4 is 10.6 Å².